The smallest absolute Gasteiger partial charge is 0.191 e. The van der Waals surface area contributed by atoms with Gasteiger partial charge in [-0.15, -0.1) is 24.0 Å². The van der Waals surface area contributed by atoms with E-state index < -0.39 is 0 Å². The van der Waals surface area contributed by atoms with Crippen LogP contribution in [-0.4, -0.2) is 85.7 Å². The third-order valence-electron chi connectivity index (χ3n) is 4.93. The van der Waals surface area contributed by atoms with Gasteiger partial charge in [-0.25, -0.2) is 0 Å². The summed E-state index contributed by atoms with van der Waals surface area (Å²) in [4.78, 5) is 9.91. The molecule has 148 valence electrons. The largest absolute Gasteiger partial charge is 0.357 e. The molecule has 0 aromatic carbocycles. The molecule has 7 heteroatoms. The minimum absolute atomic E-state index is 0. The van der Waals surface area contributed by atoms with Crippen LogP contribution in [0.15, 0.2) is 4.99 Å². The third-order valence-corrected chi connectivity index (χ3v) is 6.31. The van der Waals surface area contributed by atoms with Crippen LogP contribution in [-0.2, 0) is 0 Å². The molecule has 2 N–H and O–H groups in total. The number of guanidine groups is 1. The summed E-state index contributed by atoms with van der Waals surface area (Å²) in [6.45, 7) is 14.7. The van der Waals surface area contributed by atoms with Crippen molar-refractivity contribution in [2.24, 2.45) is 4.99 Å². The predicted octanol–water partition coefficient (Wildman–Crippen LogP) is 2.47. The quantitative estimate of drug-likeness (QED) is 0.228. The standard InChI is InChI=1S/C18H37N5S.HI/c1-3-19-18(21-16-17-8-7-15-24-17)20-9-5-6-10-23-13-11-22(4-2)12-14-23;/h17H,3-16H2,1-2H3,(H2,19,20,21);1H. The summed E-state index contributed by atoms with van der Waals surface area (Å²) < 4.78 is 0. The third kappa shape index (κ3) is 9.68. The van der Waals surface area contributed by atoms with E-state index in [0.717, 1.165) is 30.8 Å². The monoisotopic (exact) mass is 483 g/mol. The molecule has 2 fully saturated rings. The van der Waals surface area contributed by atoms with Crippen molar-refractivity contribution in [3.05, 3.63) is 0 Å². The lowest BCUT2D eigenvalue weighted by Gasteiger charge is -2.34. The Hall–Kier alpha value is 0.270. The Labute approximate surface area is 176 Å². The van der Waals surface area contributed by atoms with E-state index in [-0.39, 0.29) is 24.0 Å². The van der Waals surface area contributed by atoms with Crippen LogP contribution in [0.25, 0.3) is 0 Å². The summed E-state index contributed by atoms with van der Waals surface area (Å²) in [5.74, 6) is 2.32. The van der Waals surface area contributed by atoms with Crippen molar-refractivity contribution in [2.75, 3.05) is 64.7 Å². The van der Waals surface area contributed by atoms with Crippen molar-refractivity contribution in [2.45, 2.75) is 44.8 Å². The Bertz CT molecular complexity index is 355. The second kappa shape index (κ2) is 14.3. The molecule has 0 saturated carbocycles. The lowest BCUT2D eigenvalue weighted by atomic mass is 10.2. The molecule has 2 aliphatic heterocycles. The molecular formula is C18H38IN5S. The molecule has 1 unspecified atom stereocenters. The number of likely N-dealkylation sites (N-methyl/N-ethyl adjacent to an activating group) is 1. The average molecular weight is 484 g/mol. The first-order valence-corrected chi connectivity index (χ1v) is 10.9. The van der Waals surface area contributed by atoms with Gasteiger partial charge in [0.25, 0.3) is 0 Å². The molecular weight excluding hydrogens is 445 g/mol. The highest BCUT2D eigenvalue weighted by molar-refractivity contribution is 14.0. The highest BCUT2D eigenvalue weighted by Gasteiger charge is 2.15. The number of rotatable bonds is 9. The van der Waals surface area contributed by atoms with Gasteiger partial charge in [-0.3, -0.25) is 4.99 Å². The van der Waals surface area contributed by atoms with Crippen LogP contribution in [0, 0.1) is 0 Å². The number of hydrogen-bond donors (Lipinski definition) is 2. The van der Waals surface area contributed by atoms with Crippen LogP contribution < -0.4 is 10.6 Å². The molecule has 0 aliphatic carbocycles. The number of piperazine rings is 1. The SMILES string of the molecule is CCNC(=NCC1CCCS1)NCCCCN1CCN(CC)CC1.I. The van der Waals surface area contributed by atoms with Crippen LogP contribution in [0.3, 0.4) is 0 Å². The first-order valence-electron chi connectivity index (χ1n) is 9.90. The summed E-state index contributed by atoms with van der Waals surface area (Å²) in [7, 11) is 0. The summed E-state index contributed by atoms with van der Waals surface area (Å²) in [6.07, 6.45) is 5.19. The van der Waals surface area contributed by atoms with Gasteiger partial charge in [-0.05, 0) is 51.4 Å². The van der Waals surface area contributed by atoms with Crippen LogP contribution in [0.1, 0.15) is 39.5 Å². The van der Waals surface area contributed by atoms with Gasteiger partial charge in [0, 0.05) is 44.5 Å². The van der Waals surface area contributed by atoms with Gasteiger partial charge >= 0.3 is 0 Å². The summed E-state index contributed by atoms with van der Waals surface area (Å²) >= 11 is 2.08. The van der Waals surface area contributed by atoms with Crippen LogP contribution >= 0.6 is 35.7 Å². The zero-order valence-corrected chi connectivity index (χ0v) is 19.3. The zero-order chi connectivity index (χ0) is 17.0. The number of thioether (sulfide) groups is 1. The lowest BCUT2D eigenvalue weighted by molar-refractivity contribution is 0.136. The fraction of sp³-hybridized carbons (Fsp3) is 0.944. The second-order valence-corrected chi connectivity index (χ2v) is 8.17. The van der Waals surface area contributed by atoms with E-state index in [9.17, 15) is 0 Å². The maximum Gasteiger partial charge on any atom is 0.191 e. The Morgan fingerprint density at radius 3 is 2.48 bits per heavy atom. The van der Waals surface area contributed by atoms with Gasteiger partial charge in [0.05, 0.1) is 6.54 Å². The summed E-state index contributed by atoms with van der Waals surface area (Å²) in [6, 6.07) is 0. The molecule has 2 saturated heterocycles. The Morgan fingerprint density at radius 1 is 1.08 bits per heavy atom. The Kier molecular flexibility index (Phi) is 13.4. The number of aliphatic imine (C=N–C) groups is 1. The molecule has 5 nitrogen and oxygen atoms in total. The maximum absolute atomic E-state index is 4.76. The van der Waals surface area contributed by atoms with Crippen molar-refractivity contribution in [1.82, 2.24) is 20.4 Å². The van der Waals surface area contributed by atoms with Crippen LogP contribution in [0.2, 0.25) is 0 Å². The topological polar surface area (TPSA) is 42.9 Å². The first-order chi connectivity index (χ1) is 11.8. The molecule has 2 aliphatic rings. The van der Waals surface area contributed by atoms with E-state index in [4.69, 9.17) is 4.99 Å². The second-order valence-electron chi connectivity index (χ2n) is 6.76. The van der Waals surface area contributed by atoms with Crippen molar-refractivity contribution < 1.29 is 0 Å². The number of nitrogens with one attached hydrogen (secondary N) is 2. The molecule has 0 radical (unpaired) electrons. The van der Waals surface area contributed by atoms with Gasteiger partial charge in [0.2, 0.25) is 0 Å². The van der Waals surface area contributed by atoms with E-state index in [2.05, 4.69) is 46.0 Å². The average Bonchev–Trinajstić information content (AvgIpc) is 3.13. The molecule has 0 aromatic heterocycles. The first kappa shape index (κ1) is 23.3. The van der Waals surface area contributed by atoms with Gasteiger partial charge in [-0.1, -0.05) is 6.92 Å². The Balaban J connectivity index is 0.00000312. The van der Waals surface area contributed by atoms with Crippen LogP contribution in [0.4, 0.5) is 0 Å². The molecule has 2 rings (SSSR count). The fourth-order valence-corrected chi connectivity index (χ4v) is 4.50. The van der Waals surface area contributed by atoms with Crippen molar-refractivity contribution in [3.8, 4) is 0 Å². The molecule has 0 aromatic rings. The lowest BCUT2D eigenvalue weighted by Crippen LogP contribution is -2.46. The van der Waals surface area contributed by atoms with Crippen molar-refractivity contribution in [3.63, 3.8) is 0 Å². The number of hydrogen-bond acceptors (Lipinski definition) is 4. The normalized spacial score (nSPS) is 22.6. The minimum atomic E-state index is 0. The molecule has 0 bridgehead atoms. The number of halogens is 1. The predicted molar refractivity (Wildman–Crippen MR) is 123 cm³/mol. The molecule has 25 heavy (non-hydrogen) atoms. The van der Waals surface area contributed by atoms with Crippen molar-refractivity contribution >= 4 is 41.7 Å². The molecule has 0 amide bonds. The summed E-state index contributed by atoms with van der Waals surface area (Å²) in [5.41, 5.74) is 0. The highest BCUT2D eigenvalue weighted by Crippen LogP contribution is 2.25. The van der Waals surface area contributed by atoms with E-state index in [1.807, 2.05) is 0 Å². The summed E-state index contributed by atoms with van der Waals surface area (Å²) in [5, 5.41) is 7.61. The molecule has 0 spiro atoms. The fourth-order valence-electron chi connectivity index (χ4n) is 3.32. The van der Waals surface area contributed by atoms with Gasteiger partial charge < -0.3 is 20.4 Å². The highest BCUT2D eigenvalue weighted by atomic mass is 127. The maximum atomic E-state index is 4.76. The molecule has 1 atom stereocenters. The van der Waals surface area contributed by atoms with E-state index in [0.29, 0.717) is 0 Å². The minimum Gasteiger partial charge on any atom is -0.357 e. The van der Waals surface area contributed by atoms with E-state index >= 15 is 0 Å². The van der Waals surface area contributed by atoms with Gasteiger partial charge in [0.15, 0.2) is 5.96 Å². The van der Waals surface area contributed by atoms with E-state index in [1.54, 1.807) is 0 Å². The Morgan fingerprint density at radius 2 is 1.84 bits per heavy atom. The zero-order valence-electron chi connectivity index (χ0n) is 16.1. The molecule has 2 heterocycles. The van der Waals surface area contributed by atoms with Crippen LogP contribution in [0.5, 0.6) is 0 Å². The number of nitrogens with zero attached hydrogens (tertiary/aromatic N) is 3. The van der Waals surface area contributed by atoms with Crippen molar-refractivity contribution in [1.29, 1.82) is 0 Å². The number of unbranched alkanes of at least 4 members (excludes halogenated alkanes) is 1. The van der Waals surface area contributed by atoms with Gasteiger partial charge in [0.1, 0.15) is 0 Å². The van der Waals surface area contributed by atoms with E-state index in [1.165, 1.54) is 70.7 Å². The van der Waals surface area contributed by atoms with Gasteiger partial charge in [-0.2, -0.15) is 11.8 Å².